The van der Waals surface area contributed by atoms with Crippen molar-refractivity contribution >= 4 is 28.3 Å². The van der Waals surface area contributed by atoms with Crippen LogP contribution in [0.1, 0.15) is 21.5 Å². The first-order valence-corrected chi connectivity index (χ1v) is 12.3. The Labute approximate surface area is 222 Å². The van der Waals surface area contributed by atoms with Gasteiger partial charge in [-0.2, -0.15) is 0 Å². The van der Waals surface area contributed by atoms with Gasteiger partial charge in [-0.05, 0) is 18.2 Å². The van der Waals surface area contributed by atoms with Crippen LogP contribution in [0.4, 0.5) is 0 Å². The number of carbonyl (C=O) groups is 1. The van der Waals surface area contributed by atoms with Crippen molar-refractivity contribution < 1.29 is 39.4 Å². The van der Waals surface area contributed by atoms with E-state index in [1.807, 2.05) is 0 Å². The number of fused-ring (bicyclic) bond motifs is 1. The number of alkyl halides is 1. The molecule has 5 rings (SSSR count). The van der Waals surface area contributed by atoms with Gasteiger partial charge in [0.25, 0.3) is 5.79 Å². The third kappa shape index (κ3) is 4.43. The van der Waals surface area contributed by atoms with Gasteiger partial charge in [0.1, 0.15) is 29.8 Å². The van der Waals surface area contributed by atoms with Gasteiger partial charge in [-0.15, -0.1) is 0 Å². The highest BCUT2D eigenvalue weighted by Crippen LogP contribution is 2.45. The topological polar surface area (TPSA) is 141 Å². The predicted octanol–water partition coefficient (Wildman–Crippen LogP) is 2.68. The summed E-state index contributed by atoms with van der Waals surface area (Å²) < 4.78 is 17.8. The summed E-state index contributed by atoms with van der Waals surface area (Å²) in [5.41, 5.74) is -0.351. The molecule has 198 valence electrons. The number of hydrogen-bond acceptors (Lipinski definition) is 8. The minimum absolute atomic E-state index is 0.0334. The van der Waals surface area contributed by atoms with Crippen molar-refractivity contribution in [3.05, 3.63) is 95.7 Å². The number of carbonyl (C=O) groups excluding carboxylic acids is 1. The number of benzene rings is 3. The van der Waals surface area contributed by atoms with Crippen molar-refractivity contribution in [2.24, 2.45) is 0 Å². The summed E-state index contributed by atoms with van der Waals surface area (Å²) in [6.07, 6.45) is -5.50. The SMILES string of the molecule is COc1ccc(C(=O)c2ccccc2)c(O[C@]2(c3c[nH]c4ccccc34)O[C@H](C(O)Cl)[C@H](O)[C@H](O)[C@H]2O)c1. The summed E-state index contributed by atoms with van der Waals surface area (Å²) in [6.45, 7) is 0. The summed E-state index contributed by atoms with van der Waals surface area (Å²) in [5.74, 6) is -2.29. The maximum Gasteiger partial charge on any atom is 0.268 e. The lowest BCUT2D eigenvalue weighted by Gasteiger charge is -2.48. The van der Waals surface area contributed by atoms with Gasteiger partial charge in [-0.25, -0.2) is 0 Å². The van der Waals surface area contributed by atoms with Crippen molar-refractivity contribution in [1.29, 1.82) is 0 Å². The standard InChI is InChI=1S/C28H26ClNO8/c1-36-16-11-12-18(22(31)15-7-3-2-4-8-15)21(13-16)37-28(19-14-30-20-10-6-5-9-17(19)20)26(34)24(33)23(32)25(38-28)27(29)35/h2-14,23-27,30,32-35H,1H3/t23-,24+,25+,26-,27?,28-/m1/s1. The zero-order valence-electron chi connectivity index (χ0n) is 20.2. The summed E-state index contributed by atoms with van der Waals surface area (Å²) >= 11 is 5.92. The maximum absolute atomic E-state index is 13.5. The summed E-state index contributed by atoms with van der Waals surface area (Å²) in [7, 11) is 1.44. The fourth-order valence-electron chi connectivity index (χ4n) is 4.70. The van der Waals surface area contributed by atoms with Gasteiger partial charge in [0.05, 0.1) is 18.2 Å². The lowest BCUT2D eigenvalue weighted by Crippen LogP contribution is -2.66. The molecule has 0 aliphatic carbocycles. The first-order chi connectivity index (χ1) is 18.3. The third-order valence-corrected chi connectivity index (χ3v) is 6.93. The largest absolute Gasteiger partial charge is 0.497 e. The van der Waals surface area contributed by atoms with Crippen LogP contribution in [-0.4, -0.2) is 68.3 Å². The number of methoxy groups -OCH3 is 1. The molecule has 0 radical (unpaired) electrons. The Kier molecular flexibility index (Phi) is 7.15. The van der Waals surface area contributed by atoms with Gasteiger partial charge in [-0.1, -0.05) is 60.1 Å². The molecule has 9 nitrogen and oxygen atoms in total. The lowest BCUT2D eigenvalue weighted by atomic mass is 9.87. The van der Waals surface area contributed by atoms with Gasteiger partial charge >= 0.3 is 0 Å². The molecular formula is C28H26ClNO8. The molecule has 1 aromatic heterocycles. The Hall–Kier alpha value is -3.44. The predicted molar refractivity (Wildman–Crippen MR) is 138 cm³/mol. The van der Waals surface area contributed by atoms with Crippen molar-refractivity contribution in [3.63, 3.8) is 0 Å². The first kappa shape index (κ1) is 26.2. The van der Waals surface area contributed by atoms with E-state index in [9.17, 15) is 25.2 Å². The number of rotatable bonds is 7. The quantitative estimate of drug-likeness (QED) is 0.178. The highest BCUT2D eigenvalue weighted by molar-refractivity contribution is 6.20. The zero-order valence-corrected chi connectivity index (χ0v) is 20.9. The monoisotopic (exact) mass is 539 g/mol. The molecule has 1 aliphatic rings. The molecule has 0 amide bonds. The van der Waals surface area contributed by atoms with E-state index in [2.05, 4.69) is 4.98 Å². The third-order valence-electron chi connectivity index (χ3n) is 6.68. The van der Waals surface area contributed by atoms with Crippen LogP contribution >= 0.6 is 11.6 Å². The van der Waals surface area contributed by atoms with E-state index in [4.69, 9.17) is 25.8 Å². The average Bonchev–Trinajstić information content (AvgIpc) is 3.38. The second-order valence-electron chi connectivity index (χ2n) is 8.96. The second-order valence-corrected chi connectivity index (χ2v) is 9.40. The van der Waals surface area contributed by atoms with E-state index in [0.717, 1.165) is 0 Å². The molecule has 0 bridgehead atoms. The van der Waals surface area contributed by atoms with E-state index < -0.39 is 35.8 Å². The smallest absolute Gasteiger partial charge is 0.268 e. The first-order valence-electron chi connectivity index (χ1n) is 11.8. The Bertz CT molecular complexity index is 1440. The van der Waals surface area contributed by atoms with Crippen LogP contribution in [0, 0.1) is 0 Å². The molecule has 38 heavy (non-hydrogen) atoms. The number of aromatic amines is 1. The number of ketones is 1. The number of para-hydroxylation sites is 1. The van der Waals surface area contributed by atoms with Crippen LogP contribution in [0.5, 0.6) is 11.5 Å². The Morgan fingerprint density at radius 3 is 2.45 bits per heavy atom. The van der Waals surface area contributed by atoms with Gasteiger partial charge in [0, 0.05) is 28.7 Å². The van der Waals surface area contributed by atoms with Crippen LogP contribution in [0.15, 0.2) is 79.0 Å². The van der Waals surface area contributed by atoms with Crippen molar-refractivity contribution in [1.82, 2.24) is 4.98 Å². The number of nitrogens with one attached hydrogen (secondary N) is 1. The molecule has 1 unspecified atom stereocenters. The molecule has 10 heteroatoms. The Morgan fingerprint density at radius 2 is 1.74 bits per heavy atom. The summed E-state index contributed by atoms with van der Waals surface area (Å²) in [6, 6.07) is 20.2. The van der Waals surface area contributed by atoms with E-state index in [0.29, 0.717) is 22.2 Å². The van der Waals surface area contributed by atoms with Crippen LogP contribution in [0.3, 0.4) is 0 Å². The average molecular weight is 540 g/mol. The minimum Gasteiger partial charge on any atom is -0.497 e. The lowest BCUT2D eigenvalue weighted by molar-refractivity contribution is -0.348. The number of halogens is 1. The number of aromatic nitrogens is 1. The minimum atomic E-state index is -2.23. The Morgan fingerprint density at radius 1 is 1.03 bits per heavy atom. The van der Waals surface area contributed by atoms with Gasteiger partial charge in [-0.3, -0.25) is 4.79 Å². The molecule has 2 heterocycles. The molecule has 4 aromatic rings. The van der Waals surface area contributed by atoms with Crippen molar-refractivity contribution in [2.45, 2.75) is 35.8 Å². The number of H-pyrrole nitrogens is 1. The second kappa shape index (κ2) is 10.4. The van der Waals surface area contributed by atoms with E-state index in [1.165, 1.54) is 25.4 Å². The molecule has 3 aromatic carbocycles. The molecular weight excluding hydrogens is 514 g/mol. The summed E-state index contributed by atoms with van der Waals surface area (Å²) in [4.78, 5) is 16.6. The van der Waals surface area contributed by atoms with Gasteiger partial charge in [0.2, 0.25) is 0 Å². The maximum atomic E-state index is 13.5. The molecule has 6 atom stereocenters. The number of aliphatic hydroxyl groups excluding tert-OH is 4. The highest BCUT2D eigenvalue weighted by atomic mass is 35.5. The van der Waals surface area contributed by atoms with E-state index in [1.54, 1.807) is 60.7 Å². The van der Waals surface area contributed by atoms with Crippen molar-refractivity contribution in [3.8, 4) is 11.5 Å². The van der Waals surface area contributed by atoms with Crippen LogP contribution in [-0.2, 0) is 10.5 Å². The van der Waals surface area contributed by atoms with Crippen LogP contribution in [0.25, 0.3) is 10.9 Å². The molecule has 5 N–H and O–H groups in total. The Balaban J connectivity index is 1.72. The van der Waals surface area contributed by atoms with Crippen molar-refractivity contribution in [2.75, 3.05) is 7.11 Å². The van der Waals surface area contributed by atoms with Crippen LogP contribution < -0.4 is 9.47 Å². The highest BCUT2D eigenvalue weighted by Gasteiger charge is 2.59. The fraction of sp³-hybridized carbons (Fsp3) is 0.250. The van der Waals surface area contributed by atoms with E-state index >= 15 is 0 Å². The molecule has 1 saturated heterocycles. The van der Waals surface area contributed by atoms with Crippen LogP contribution in [0.2, 0.25) is 0 Å². The number of ether oxygens (including phenoxy) is 3. The summed E-state index contributed by atoms with van der Waals surface area (Å²) in [5, 5.41) is 43.6. The molecule has 1 aliphatic heterocycles. The zero-order chi connectivity index (χ0) is 27.0. The fourth-order valence-corrected chi connectivity index (χ4v) is 4.90. The molecule has 1 fully saturated rings. The number of aliphatic hydroxyl groups is 4. The van der Waals surface area contributed by atoms with Gasteiger partial charge in [0.15, 0.2) is 17.5 Å². The molecule has 0 spiro atoms. The normalized spacial score (nSPS) is 26.2. The molecule has 0 saturated carbocycles. The van der Waals surface area contributed by atoms with E-state index in [-0.39, 0.29) is 22.7 Å². The van der Waals surface area contributed by atoms with Gasteiger partial charge < -0.3 is 39.6 Å². The number of hydrogen-bond donors (Lipinski definition) is 5.